The number of nitrogens with zero attached hydrogens (tertiary/aromatic N) is 1. The molecule has 1 aliphatic rings. The molecule has 0 aliphatic heterocycles. The first-order valence-electron chi connectivity index (χ1n) is 6.18. The number of hydrogen-bond donors (Lipinski definition) is 2. The van der Waals surface area contributed by atoms with Gasteiger partial charge in [-0.25, -0.2) is 4.98 Å². The van der Waals surface area contributed by atoms with Crippen LogP contribution in [0.5, 0.6) is 0 Å². The number of nitrogens with two attached hydrogens (primary N) is 1. The van der Waals surface area contributed by atoms with Gasteiger partial charge < -0.3 is 11.1 Å². The van der Waals surface area contributed by atoms with Crippen molar-refractivity contribution in [2.75, 3.05) is 5.32 Å². The molecule has 3 nitrogen and oxygen atoms in total. The lowest BCUT2D eigenvalue weighted by molar-refractivity contribution is 0.358. The Labute approximate surface area is 108 Å². The molecule has 1 aliphatic carbocycles. The maximum atomic E-state index is 5.58. The van der Waals surface area contributed by atoms with E-state index in [-0.39, 0.29) is 0 Å². The Kier molecular flexibility index (Phi) is 3.94. The highest BCUT2D eigenvalue weighted by atomic mass is 32.1. The highest BCUT2D eigenvalue weighted by Gasteiger charge is 2.18. The highest BCUT2D eigenvalue weighted by Crippen LogP contribution is 2.25. The minimum absolute atomic E-state index is 0.352. The van der Waals surface area contributed by atoms with Gasteiger partial charge in [0.1, 0.15) is 10.8 Å². The average Bonchev–Trinajstić information content (AvgIpc) is 2.29. The second-order valence-electron chi connectivity index (χ2n) is 4.89. The Bertz CT molecular complexity index is 405. The molecule has 0 aromatic carbocycles. The van der Waals surface area contributed by atoms with Crippen LogP contribution in [-0.4, -0.2) is 16.0 Å². The fraction of sp³-hybridized carbons (Fsp3) is 0.538. The predicted molar refractivity (Wildman–Crippen MR) is 75.2 cm³/mol. The van der Waals surface area contributed by atoms with Crippen molar-refractivity contribution >= 4 is 23.0 Å². The van der Waals surface area contributed by atoms with Gasteiger partial charge in [-0.2, -0.15) is 0 Å². The first-order valence-corrected chi connectivity index (χ1v) is 6.59. The van der Waals surface area contributed by atoms with Crippen molar-refractivity contribution in [2.45, 2.75) is 38.6 Å². The quantitative estimate of drug-likeness (QED) is 0.809. The summed E-state index contributed by atoms with van der Waals surface area (Å²) in [4.78, 5) is 4.77. The van der Waals surface area contributed by atoms with Gasteiger partial charge >= 0.3 is 0 Å². The molecule has 92 valence electrons. The third-order valence-corrected chi connectivity index (χ3v) is 3.50. The normalized spacial score (nSPS) is 24.3. The van der Waals surface area contributed by atoms with Crippen LogP contribution in [0.2, 0.25) is 0 Å². The van der Waals surface area contributed by atoms with Gasteiger partial charge in [0.15, 0.2) is 0 Å². The lowest BCUT2D eigenvalue weighted by Gasteiger charge is -2.27. The molecule has 1 saturated carbocycles. The third kappa shape index (κ3) is 3.40. The van der Waals surface area contributed by atoms with Crippen LogP contribution in [0.4, 0.5) is 5.82 Å². The zero-order chi connectivity index (χ0) is 12.3. The number of hydrogen-bond acceptors (Lipinski definition) is 3. The first-order chi connectivity index (χ1) is 8.15. The van der Waals surface area contributed by atoms with Crippen LogP contribution in [0.25, 0.3) is 0 Å². The maximum Gasteiger partial charge on any atom is 0.126 e. The van der Waals surface area contributed by atoms with Crippen LogP contribution in [0.15, 0.2) is 18.2 Å². The third-order valence-electron chi connectivity index (χ3n) is 3.29. The molecule has 0 amide bonds. The monoisotopic (exact) mass is 249 g/mol. The molecule has 2 rings (SSSR count). The Morgan fingerprint density at radius 2 is 2.29 bits per heavy atom. The lowest BCUT2D eigenvalue weighted by Crippen LogP contribution is -2.27. The van der Waals surface area contributed by atoms with Gasteiger partial charge in [-0.3, -0.25) is 0 Å². The number of pyridine rings is 1. The van der Waals surface area contributed by atoms with E-state index >= 15 is 0 Å². The maximum absolute atomic E-state index is 5.58. The summed E-state index contributed by atoms with van der Waals surface area (Å²) >= 11 is 4.93. The molecule has 1 fully saturated rings. The van der Waals surface area contributed by atoms with Gasteiger partial charge in [0, 0.05) is 6.04 Å². The minimum Gasteiger partial charge on any atom is -0.388 e. The highest BCUT2D eigenvalue weighted by molar-refractivity contribution is 7.80. The van der Waals surface area contributed by atoms with Crippen LogP contribution in [0, 0.1) is 5.92 Å². The van der Waals surface area contributed by atoms with E-state index in [4.69, 9.17) is 18.0 Å². The van der Waals surface area contributed by atoms with Crippen molar-refractivity contribution in [2.24, 2.45) is 11.7 Å². The smallest absolute Gasteiger partial charge is 0.126 e. The summed E-state index contributed by atoms with van der Waals surface area (Å²) in [5, 5.41) is 3.48. The van der Waals surface area contributed by atoms with Gasteiger partial charge in [-0.1, -0.05) is 38.0 Å². The van der Waals surface area contributed by atoms with E-state index in [1.807, 2.05) is 18.2 Å². The Hall–Kier alpha value is -1.16. The summed E-state index contributed by atoms with van der Waals surface area (Å²) in [6.45, 7) is 2.31. The molecule has 2 atom stereocenters. The zero-order valence-corrected chi connectivity index (χ0v) is 11.0. The first kappa shape index (κ1) is 12.3. The lowest BCUT2D eigenvalue weighted by atomic mass is 9.87. The standard InChI is InChI=1S/C13H19N3S/c1-9-4-2-5-10(8-9)15-12-7-3-6-11(16-12)13(14)17/h3,6-7,9-10H,2,4-5,8H2,1H3,(H2,14,17)(H,15,16). The van der Waals surface area contributed by atoms with Gasteiger partial charge in [0.2, 0.25) is 0 Å². The van der Waals surface area contributed by atoms with Crippen molar-refractivity contribution in [3.8, 4) is 0 Å². The van der Waals surface area contributed by atoms with Crippen molar-refractivity contribution < 1.29 is 0 Å². The molecule has 0 spiro atoms. The van der Waals surface area contributed by atoms with E-state index in [2.05, 4.69) is 17.2 Å². The van der Waals surface area contributed by atoms with Gasteiger partial charge in [0.25, 0.3) is 0 Å². The van der Waals surface area contributed by atoms with Crippen molar-refractivity contribution in [3.63, 3.8) is 0 Å². The topological polar surface area (TPSA) is 50.9 Å². The van der Waals surface area contributed by atoms with Gasteiger partial charge in [-0.15, -0.1) is 0 Å². The molecule has 0 radical (unpaired) electrons. The summed E-state index contributed by atoms with van der Waals surface area (Å²) < 4.78 is 0. The minimum atomic E-state index is 0.352. The van der Waals surface area contributed by atoms with E-state index in [0.717, 1.165) is 11.7 Å². The number of aromatic nitrogens is 1. The SMILES string of the molecule is CC1CCCC(Nc2cccc(C(N)=S)n2)C1. The van der Waals surface area contributed by atoms with Crippen molar-refractivity contribution in [1.29, 1.82) is 0 Å². The molecule has 1 heterocycles. The Morgan fingerprint density at radius 1 is 1.47 bits per heavy atom. The van der Waals surface area contributed by atoms with E-state index < -0.39 is 0 Å². The summed E-state index contributed by atoms with van der Waals surface area (Å²) in [5.74, 6) is 1.69. The molecule has 2 unspecified atom stereocenters. The van der Waals surface area contributed by atoms with Crippen LogP contribution < -0.4 is 11.1 Å². The fourth-order valence-electron chi connectivity index (χ4n) is 2.43. The second kappa shape index (κ2) is 5.45. The van der Waals surface area contributed by atoms with Crippen LogP contribution in [0.3, 0.4) is 0 Å². The van der Waals surface area contributed by atoms with Gasteiger partial charge in [-0.05, 0) is 30.9 Å². The number of anilines is 1. The summed E-state index contributed by atoms with van der Waals surface area (Å²) in [5.41, 5.74) is 6.27. The Balaban J connectivity index is 2.02. The largest absolute Gasteiger partial charge is 0.388 e. The van der Waals surface area contributed by atoms with E-state index in [1.54, 1.807) is 0 Å². The van der Waals surface area contributed by atoms with E-state index in [1.165, 1.54) is 25.7 Å². The fourth-order valence-corrected chi connectivity index (χ4v) is 2.54. The summed E-state index contributed by atoms with van der Waals surface area (Å²) in [6, 6.07) is 6.29. The van der Waals surface area contributed by atoms with Gasteiger partial charge in [0.05, 0.1) is 5.69 Å². The molecule has 0 saturated heterocycles. The summed E-state index contributed by atoms with van der Waals surface area (Å²) in [6.07, 6.45) is 5.09. The molecule has 1 aromatic heterocycles. The molecule has 4 heteroatoms. The Morgan fingerprint density at radius 3 is 3.00 bits per heavy atom. The number of rotatable bonds is 3. The molecule has 1 aromatic rings. The van der Waals surface area contributed by atoms with Crippen LogP contribution in [-0.2, 0) is 0 Å². The molecule has 3 N–H and O–H groups in total. The average molecular weight is 249 g/mol. The number of nitrogens with one attached hydrogen (secondary N) is 1. The molecule has 17 heavy (non-hydrogen) atoms. The molecular formula is C13H19N3S. The molecule has 0 bridgehead atoms. The number of thiocarbonyl (C=S) groups is 1. The predicted octanol–water partition coefficient (Wildman–Crippen LogP) is 2.71. The van der Waals surface area contributed by atoms with Crippen molar-refractivity contribution in [3.05, 3.63) is 23.9 Å². The van der Waals surface area contributed by atoms with E-state index in [0.29, 0.717) is 16.7 Å². The van der Waals surface area contributed by atoms with Crippen LogP contribution >= 0.6 is 12.2 Å². The molecular weight excluding hydrogens is 230 g/mol. The van der Waals surface area contributed by atoms with E-state index in [9.17, 15) is 0 Å². The zero-order valence-electron chi connectivity index (χ0n) is 10.1. The van der Waals surface area contributed by atoms with Crippen LogP contribution in [0.1, 0.15) is 38.3 Å². The van der Waals surface area contributed by atoms with Crippen molar-refractivity contribution in [1.82, 2.24) is 4.98 Å². The second-order valence-corrected chi connectivity index (χ2v) is 5.33. The summed E-state index contributed by atoms with van der Waals surface area (Å²) in [7, 11) is 0.